The number of carbonyl (C=O) groups excluding carboxylic acids is 1. The van der Waals surface area contributed by atoms with Crippen LogP contribution in [0.2, 0.25) is 5.02 Å². The number of amides is 1. The summed E-state index contributed by atoms with van der Waals surface area (Å²) in [6, 6.07) is 11.4. The molecule has 0 fully saturated rings. The largest absolute Gasteiger partial charge is 0.494 e. The molecular weight excluding hydrogens is 354 g/mol. The predicted octanol–water partition coefficient (Wildman–Crippen LogP) is 3.76. The van der Waals surface area contributed by atoms with Gasteiger partial charge in [0, 0.05) is 13.0 Å². The molecule has 1 amide bonds. The Labute approximate surface area is 158 Å². The Hall–Kier alpha value is -2.40. The van der Waals surface area contributed by atoms with Crippen molar-refractivity contribution in [1.29, 1.82) is 0 Å². The first-order chi connectivity index (χ1) is 12.7. The third-order valence-corrected chi connectivity index (χ3v) is 4.32. The summed E-state index contributed by atoms with van der Waals surface area (Å²) in [7, 11) is 0. The zero-order valence-corrected chi connectivity index (χ0v) is 15.5. The highest BCUT2D eigenvalue weighted by Gasteiger charge is 2.17. The van der Waals surface area contributed by atoms with Crippen LogP contribution >= 0.6 is 11.6 Å². The molecule has 2 aromatic rings. The van der Waals surface area contributed by atoms with Crippen molar-refractivity contribution in [2.75, 3.05) is 19.8 Å². The molecule has 138 valence electrons. The smallest absolute Gasteiger partial charge is 0.220 e. The van der Waals surface area contributed by atoms with Crippen LogP contribution in [0.25, 0.3) is 0 Å². The second-order valence-electron chi connectivity index (χ2n) is 5.92. The van der Waals surface area contributed by atoms with Gasteiger partial charge in [-0.2, -0.15) is 0 Å². The number of ether oxygens (including phenoxy) is 3. The van der Waals surface area contributed by atoms with E-state index < -0.39 is 0 Å². The minimum atomic E-state index is -0.0256. The first-order valence-corrected chi connectivity index (χ1v) is 9.10. The van der Waals surface area contributed by atoms with Crippen LogP contribution in [0, 0.1) is 0 Å². The van der Waals surface area contributed by atoms with Gasteiger partial charge in [-0.05, 0) is 42.7 Å². The van der Waals surface area contributed by atoms with Crippen molar-refractivity contribution < 1.29 is 19.0 Å². The fourth-order valence-electron chi connectivity index (χ4n) is 2.81. The van der Waals surface area contributed by atoms with E-state index in [1.165, 1.54) is 0 Å². The molecule has 26 heavy (non-hydrogen) atoms. The van der Waals surface area contributed by atoms with Crippen molar-refractivity contribution in [2.24, 2.45) is 0 Å². The summed E-state index contributed by atoms with van der Waals surface area (Å²) in [6.45, 7) is 3.93. The topological polar surface area (TPSA) is 56.8 Å². The minimum Gasteiger partial charge on any atom is -0.494 e. The molecule has 2 aromatic carbocycles. The number of benzene rings is 2. The SMILES string of the molecule is CCOc1ccccc1CCC(=O)NCc1cc(Cl)c2c(c1)OCCO2. The molecule has 6 heteroatoms. The molecule has 0 atom stereocenters. The summed E-state index contributed by atoms with van der Waals surface area (Å²) in [5.41, 5.74) is 1.91. The molecule has 0 saturated heterocycles. The quantitative estimate of drug-likeness (QED) is 0.800. The lowest BCUT2D eigenvalue weighted by molar-refractivity contribution is -0.121. The molecule has 3 rings (SSSR count). The maximum absolute atomic E-state index is 12.2. The van der Waals surface area contributed by atoms with E-state index in [1.807, 2.05) is 37.3 Å². The number of nitrogens with one attached hydrogen (secondary N) is 1. The highest BCUT2D eigenvalue weighted by atomic mass is 35.5. The van der Waals surface area contributed by atoms with Crippen molar-refractivity contribution in [3.63, 3.8) is 0 Å². The van der Waals surface area contributed by atoms with Crippen LogP contribution in [-0.2, 0) is 17.8 Å². The van der Waals surface area contributed by atoms with Crippen molar-refractivity contribution in [3.05, 3.63) is 52.5 Å². The number of hydrogen-bond acceptors (Lipinski definition) is 4. The van der Waals surface area contributed by atoms with Gasteiger partial charge in [-0.15, -0.1) is 0 Å². The van der Waals surface area contributed by atoms with Crippen LogP contribution < -0.4 is 19.5 Å². The van der Waals surface area contributed by atoms with Gasteiger partial charge in [0.05, 0.1) is 11.6 Å². The summed E-state index contributed by atoms with van der Waals surface area (Å²) in [5.74, 6) is 2.00. The van der Waals surface area contributed by atoms with Gasteiger partial charge < -0.3 is 19.5 Å². The number of rotatable bonds is 7. The molecule has 1 aliphatic rings. The molecule has 1 aliphatic heterocycles. The van der Waals surface area contributed by atoms with Crippen LogP contribution in [0.4, 0.5) is 0 Å². The van der Waals surface area contributed by atoms with Crippen molar-refractivity contribution >= 4 is 17.5 Å². The Balaban J connectivity index is 1.54. The van der Waals surface area contributed by atoms with Gasteiger partial charge in [-0.25, -0.2) is 0 Å². The molecule has 5 nitrogen and oxygen atoms in total. The number of para-hydroxylation sites is 1. The van der Waals surface area contributed by atoms with E-state index in [0.717, 1.165) is 16.9 Å². The van der Waals surface area contributed by atoms with E-state index in [4.69, 9.17) is 25.8 Å². The van der Waals surface area contributed by atoms with Crippen LogP contribution in [0.3, 0.4) is 0 Å². The number of halogens is 1. The highest BCUT2D eigenvalue weighted by molar-refractivity contribution is 6.32. The van der Waals surface area contributed by atoms with E-state index in [9.17, 15) is 4.79 Å². The molecular formula is C20H22ClNO4. The summed E-state index contributed by atoms with van der Waals surface area (Å²) in [5, 5.41) is 3.42. The zero-order chi connectivity index (χ0) is 18.4. The third-order valence-electron chi connectivity index (χ3n) is 4.04. The molecule has 0 aliphatic carbocycles. The van der Waals surface area contributed by atoms with Crippen molar-refractivity contribution in [1.82, 2.24) is 5.32 Å². The zero-order valence-electron chi connectivity index (χ0n) is 14.7. The Kier molecular flexibility index (Phi) is 6.23. The molecule has 0 aromatic heterocycles. The second-order valence-corrected chi connectivity index (χ2v) is 6.33. The van der Waals surface area contributed by atoms with Crippen molar-refractivity contribution in [2.45, 2.75) is 26.3 Å². The fraction of sp³-hybridized carbons (Fsp3) is 0.350. The molecule has 0 bridgehead atoms. The maximum atomic E-state index is 12.2. The van der Waals surface area contributed by atoms with Gasteiger partial charge in [0.25, 0.3) is 0 Å². The van der Waals surface area contributed by atoms with E-state index in [2.05, 4.69) is 5.32 Å². The maximum Gasteiger partial charge on any atom is 0.220 e. The van der Waals surface area contributed by atoms with E-state index in [-0.39, 0.29) is 5.91 Å². The standard InChI is InChI=1S/C20H22ClNO4/c1-2-24-17-6-4-3-5-15(17)7-8-19(23)22-13-14-11-16(21)20-18(12-14)25-9-10-26-20/h3-6,11-12H,2,7-10,13H2,1H3,(H,22,23). The molecule has 0 unspecified atom stereocenters. The average Bonchev–Trinajstić information content (AvgIpc) is 2.66. The van der Waals surface area contributed by atoms with Crippen LogP contribution in [-0.4, -0.2) is 25.7 Å². The molecule has 0 spiro atoms. The van der Waals surface area contributed by atoms with Gasteiger partial charge in [-0.1, -0.05) is 29.8 Å². The van der Waals surface area contributed by atoms with Gasteiger partial charge in [0.15, 0.2) is 11.5 Å². The molecule has 1 N–H and O–H groups in total. The lowest BCUT2D eigenvalue weighted by Gasteiger charge is -2.20. The fourth-order valence-corrected chi connectivity index (χ4v) is 3.10. The minimum absolute atomic E-state index is 0.0256. The first-order valence-electron chi connectivity index (χ1n) is 8.72. The summed E-state index contributed by atoms with van der Waals surface area (Å²) in [6.07, 6.45) is 1.02. The van der Waals surface area contributed by atoms with Crippen LogP contribution in [0.5, 0.6) is 17.2 Å². The number of carbonyl (C=O) groups is 1. The van der Waals surface area contributed by atoms with E-state index in [0.29, 0.717) is 55.7 Å². The molecule has 0 radical (unpaired) electrons. The summed E-state index contributed by atoms with van der Waals surface area (Å²) in [4.78, 5) is 12.2. The van der Waals surface area contributed by atoms with Crippen LogP contribution in [0.1, 0.15) is 24.5 Å². The monoisotopic (exact) mass is 375 g/mol. The third kappa shape index (κ3) is 4.61. The normalized spacial score (nSPS) is 12.5. The second kappa shape index (κ2) is 8.81. The Morgan fingerprint density at radius 3 is 2.88 bits per heavy atom. The van der Waals surface area contributed by atoms with E-state index in [1.54, 1.807) is 6.07 Å². The number of fused-ring (bicyclic) bond motifs is 1. The lowest BCUT2D eigenvalue weighted by atomic mass is 10.1. The van der Waals surface area contributed by atoms with Crippen molar-refractivity contribution in [3.8, 4) is 17.2 Å². The highest BCUT2D eigenvalue weighted by Crippen LogP contribution is 2.38. The average molecular weight is 376 g/mol. The number of aryl methyl sites for hydroxylation is 1. The predicted molar refractivity (Wildman–Crippen MR) is 100 cm³/mol. The van der Waals surface area contributed by atoms with E-state index >= 15 is 0 Å². The first kappa shape index (κ1) is 18.4. The van der Waals surface area contributed by atoms with Crippen LogP contribution in [0.15, 0.2) is 36.4 Å². The van der Waals surface area contributed by atoms with Gasteiger partial charge in [-0.3, -0.25) is 4.79 Å². The number of hydrogen-bond donors (Lipinski definition) is 1. The van der Waals surface area contributed by atoms with Gasteiger partial charge in [0.2, 0.25) is 5.91 Å². The summed E-state index contributed by atoms with van der Waals surface area (Å²) < 4.78 is 16.6. The summed E-state index contributed by atoms with van der Waals surface area (Å²) >= 11 is 6.22. The van der Waals surface area contributed by atoms with Gasteiger partial charge in [0.1, 0.15) is 19.0 Å². The molecule has 1 heterocycles. The Morgan fingerprint density at radius 2 is 2.04 bits per heavy atom. The Morgan fingerprint density at radius 1 is 1.23 bits per heavy atom. The van der Waals surface area contributed by atoms with Gasteiger partial charge >= 0.3 is 0 Å². The molecule has 0 saturated carbocycles. The lowest BCUT2D eigenvalue weighted by Crippen LogP contribution is -2.23. The Bertz CT molecular complexity index is 778.